The van der Waals surface area contributed by atoms with E-state index in [2.05, 4.69) is 53.9 Å². The van der Waals surface area contributed by atoms with E-state index in [9.17, 15) is 0 Å². The fourth-order valence-electron chi connectivity index (χ4n) is 2.64. The monoisotopic (exact) mass is 276 g/mol. The third kappa shape index (κ3) is 4.44. The Morgan fingerprint density at radius 3 is 2.85 bits per heavy atom. The summed E-state index contributed by atoms with van der Waals surface area (Å²) in [5.74, 6) is 1.81. The molecule has 4 nitrogen and oxygen atoms in total. The van der Waals surface area contributed by atoms with Gasteiger partial charge in [0, 0.05) is 36.9 Å². The maximum atomic E-state index is 4.45. The van der Waals surface area contributed by atoms with Crippen molar-refractivity contribution in [3.63, 3.8) is 0 Å². The standard InChI is InChI=1S/C16H28N4/c1-5-14-9-15(18-12-17-14)20-8-6-7-13(11-20)10-19-16(2,3)4/h9,12-13,19H,5-8,10-11H2,1-4H3. The highest BCUT2D eigenvalue weighted by Gasteiger charge is 2.22. The Kier molecular flexibility index (Phi) is 4.97. The molecule has 0 radical (unpaired) electrons. The molecule has 0 aromatic carbocycles. The molecule has 2 heterocycles. The van der Waals surface area contributed by atoms with Crippen molar-refractivity contribution in [2.45, 2.75) is 52.5 Å². The van der Waals surface area contributed by atoms with Gasteiger partial charge in [-0.2, -0.15) is 0 Å². The van der Waals surface area contributed by atoms with Crippen molar-refractivity contribution in [1.82, 2.24) is 15.3 Å². The van der Waals surface area contributed by atoms with Crippen LogP contribution in [0.15, 0.2) is 12.4 Å². The molecule has 0 saturated carbocycles. The Morgan fingerprint density at radius 2 is 2.15 bits per heavy atom. The molecule has 1 atom stereocenters. The van der Waals surface area contributed by atoms with Gasteiger partial charge in [-0.25, -0.2) is 9.97 Å². The first-order valence-corrected chi connectivity index (χ1v) is 7.79. The number of nitrogens with zero attached hydrogens (tertiary/aromatic N) is 3. The first-order chi connectivity index (χ1) is 9.48. The van der Waals surface area contributed by atoms with Crippen molar-refractivity contribution < 1.29 is 0 Å². The molecule has 4 heteroatoms. The molecule has 1 aliphatic rings. The fraction of sp³-hybridized carbons (Fsp3) is 0.750. The number of nitrogens with one attached hydrogen (secondary N) is 1. The minimum Gasteiger partial charge on any atom is -0.356 e. The summed E-state index contributed by atoms with van der Waals surface area (Å²) in [6, 6.07) is 2.14. The number of piperidine rings is 1. The zero-order valence-electron chi connectivity index (χ0n) is 13.3. The predicted molar refractivity (Wildman–Crippen MR) is 84.1 cm³/mol. The summed E-state index contributed by atoms with van der Waals surface area (Å²) < 4.78 is 0. The van der Waals surface area contributed by atoms with Crippen molar-refractivity contribution >= 4 is 5.82 Å². The second-order valence-electron chi connectivity index (χ2n) is 6.81. The molecule has 1 aliphatic heterocycles. The van der Waals surface area contributed by atoms with Crippen LogP contribution in [-0.2, 0) is 6.42 Å². The average molecular weight is 276 g/mol. The SMILES string of the molecule is CCc1cc(N2CCCC(CNC(C)(C)C)C2)ncn1. The summed E-state index contributed by atoms with van der Waals surface area (Å²) in [5, 5.41) is 3.63. The minimum atomic E-state index is 0.201. The summed E-state index contributed by atoms with van der Waals surface area (Å²) >= 11 is 0. The molecule has 0 bridgehead atoms. The minimum absolute atomic E-state index is 0.201. The van der Waals surface area contributed by atoms with Crippen LogP contribution < -0.4 is 10.2 Å². The molecule has 1 aromatic rings. The summed E-state index contributed by atoms with van der Waals surface area (Å²) in [4.78, 5) is 11.2. The van der Waals surface area contributed by atoms with Crippen LogP contribution in [-0.4, -0.2) is 35.1 Å². The number of aryl methyl sites for hydroxylation is 1. The molecule has 1 fully saturated rings. The zero-order chi connectivity index (χ0) is 14.6. The van der Waals surface area contributed by atoms with Crippen LogP contribution in [0, 0.1) is 5.92 Å². The van der Waals surface area contributed by atoms with Gasteiger partial charge in [-0.15, -0.1) is 0 Å². The zero-order valence-corrected chi connectivity index (χ0v) is 13.3. The van der Waals surface area contributed by atoms with Crippen molar-refractivity contribution in [3.05, 3.63) is 18.1 Å². The molecule has 1 saturated heterocycles. The van der Waals surface area contributed by atoms with E-state index in [1.54, 1.807) is 6.33 Å². The van der Waals surface area contributed by atoms with Crippen LogP contribution in [0.3, 0.4) is 0 Å². The van der Waals surface area contributed by atoms with Crippen LogP contribution in [0.1, 0.15) is 46.2 Å². The molecule has 0 amide bonds. The molecule has 112 valence electrons. The van der Waals surface area contributed by atoms with Crippen molar-refractivity contribution in [2.24, 2.45) is 5.92 Å². The topological polar surface area (TPSA) is 41.0 Å². The average Bonchev–Trinajstić information content (AvgIpc) is 2.45. The molecule has 0 spiro atoms. The fourth-order valence-corrected chi connectivity index (χ4v) is 2.64. The van der Waals surface area contributed by atoms with Crippen LogP contribution in [0.2, 0.25) is 0 Å². The Hall–Kier alpha value is -1.16. The summed E-state index contributed by atoms with van der Waals surface area (Å²) in [5.41, 5.74) is 1.33. The lowest BCUT2D eigenvalue weighted by Gasteiger charge is -2.35. The first kappa shape index (κ1) is 15.2. The molecule has 1 N–H and O–H groups in total. The lowest BCUT2D eigenvalue weighted by Crippen LogP contribution is -2.44. The number of rotatable bonds is 4. The quantitative estimate of drug-likeness (QED) is 0.918. The van der Waals surface area contributed by atoms with E-state index in [1.807, 2.05) is 0 Å². The van der Waals surface area contributed by atoms with Gasteiger partial charge >= 0.3 is 0 Å². The highest BCUT2D eigenvalue weighted by atomic mass is 15.2. The smallest absolute Gasteiger partial charge is 0.132 e. The van der Waals surface area contributed by atoms with Crippen LogP contribution in [0.25, 0.3) is 0 Å². The van der Waals surface area contributed by atoms with Gasteiger partial charge in [0.1, 0.15) is 12.1 Å². The van der Waals surface area contributed by atoms with E-state index in [0.29, 0.717) is 5.92 Å². The second-order valence-corrected chi connectivity index (χ2v) is 6.81. The van der Waals surface area contributed by atoms with E-state index in [-0.39, 0.29) is 5.54 Å². The highest BCUT2D eigenvalue weighted by molar-refractivity contribution is 5.39. The molecule has 20 heavy (non-hydrogen) atoms. The predicted octanol–water partition coefficient (Wildman–Crippen LogP) is 2.64. The third-order valence-corrected chi connectivity index (χ3v) is 3.84. The Balaban J connectivity index is 1.95. The van der Waals surface area contributed by atoms with Crippen LogP contribution in [0.4, 0.5) is 5.82 Å². The molecule has 1 unspecified atom stereocenters. The van der Waals surface area contributed by atoms with Gasteiger partial charge < -0.3 is 10.2 Å². The number of hydrogen-bond acceptors (Lipinski definition) is 4. The van der Waals surface area contributed by atoms with E-state index in [4.69, 9.17) is 0 Å². The molecule has 1 aromatic heterocycles. The van der Waals surface area contributed by atoms with Crippen LogP contribution in [0.5, 0.6) is 0 Å². The van der Waals surface area contributed by atoms with Crippen molar-refractivity contribution in [3.8, 4) is 0 Å². The Bertz CT molecular complexity index is 425. The van der Waals surface area contributed by atoms with Gasteiger partial charge in [0.25, 0.3) is 0 Å². The van der Waals surface area contributed by atoms with E-state index in [1.165, 1.54) is 12.8 Å². The Labute approximate surface area is 123 Å². The van der Waals surface area contributed by atoms with Gasteiger partial charge in [0.15, 0.2) is 0 Å². The maximum Gasteiger partial charge on any atom is 0.132 e. The summed E-state index contributed by atoms with van der Waals surface area (Å²) in [7, 11) is 0. The third-order valence-electron chi connectivity index (χ3n) is 3.84. The first-order valence-electron chi connectivity index (χ1n) is 7.79. The second kappa shape index (κ2) is 6.53. The molecule has 2 rings (SSSR count). The summed E-state index contributed by atoms with van der Waals surface area (Å²) in [6.07, 6.45) is 5.23. The van der Waals surface area contributed by atoms with E-state index < -0.39 is 0 Å². The number of anilines is 1. The molecular weight excluding hydrogens is 248 g/mol. The largest absolute Gasteiger partial charge is 0.356 e. The lowest BCUT2D eigenvalue weighted by molar-refractivity contribution is 0.335. The van der Waals surface area contributed by atoms with Crippen LogP contribution >= 0.6 is 0 Å². The van der Waals surface area contributed by atoms with Crippen molar-refractivity contribution in [2.75, 3.05) is 24.5 Å². The normalized spacial score (nSPS) is 20.2. The Morgan fingerprint density at radius 1 is 1.35 bits per heavy atom. The lowest BCUT2D eigenvalue weighted by atomic mass is 9.96. The van der Waals surface area contributed by atoms with Gasteiger partial charge in [-0.05, 0) is 46.0 Å². The van der Waals surface area contributed by atoms with E-state index in [0.717, 1.165) is 37.6 Å². The number of aromatic nitrogens is 2. The van der Waals surface area contributed by atoms with Gasteiger partial charge in [-0.1, -0.05) is 6.92 Å². The van der Waals surface area contributed by atoms with Gasteiger partial charge in [0.2, 0.25) is 0 Å². The molecule has 0 aliphatic carbocycles. The van der Waals surface area contributed by atoms with Crippen molar-refractivity contribution in [1.29, 1.82) is 0 Å². The summed E-state index contributed by atoms with van der Waals surface area (Å²) in [6.45, 7) is 12.1. The maximum absolute atomic E-state index is 4.45. The highest BCUT2D eigenvalue weighted by Crippen LogP contribution is 2.22. The van der Waals surface area contributed by atoms with Gasteiger partial charge in [-0.3, -0.25) is 0 Å². The number of hydrogen-bond donors (Lipinski definition) is 1. The van der Waals surface area contributed by atoms with E-state index >= 15 is 0 Å². The molecular formula is C16H28N4. The van der Waals surface area contributed by atoms with Gasteiger partial charge in [0.05, 0.1) is 0 Å².